The molecule has 0 spiro atoms. The molecule has 1 atom stereocenters. The summed E-state index contributed by atoms with van der Waals surface area (Å²) in [6.45, 7) is 5.92. The smallest absolute Gasteiger partial charge is 0.273 e. The number of benzene rings is 2. The second kappa shape index (κ2) is 10.4. The van der Waals surface area contributed by atoms with Crippen molar-refractivity contribution in [2.75, 3.05) is 12.4 Å². The molecule has 0 aromatic heterocycles. The first kappa shape index (κ1) is 21.3. The van der Waals surface area contributed by atoms with Gasteiger partial charge in [-0.1, -0.05) is 56.3 Å². The number of anilines is 1. The van der Waals surface area contributed by atoms with Crippen LogP contribution in [0.1, 0.15) is 50.3 Å². The molecule has 148 valence electrons. The Hall–Kier alpha value is -2.99. The molecule has 0 saturated heterocycles. The number of ether oxygens (including phenoxy) is 1. The van der Waals surface area contributed by atoms with Gasteiger partial charge in [-0.05, 0) is 36.1 Å². The topological polar surface area (TPSA) is 79.8 Å². The highest BCUT2D eigenvalue weighted by atomic mass is 16.5. The first-order valence-corrected chi connectivity index (χ1v) is 9.21. The summed E-state index contributed by atoms with van der Waals surface area (Å²) < 4.78 is 5.26. The third kappa shape index (κ3) is 6.32. The van der Waals surface area contributed by atoms with Crippen molar-refractivity contribution in [3.05, 3.63) is 65.7 Å². The zero-order chi connectivity index (χ0) is 20.5. The number of nitrogens with one attached hydrogen (secondary N) is 2. The van der Waals surface area contributed by atoms with Gasteiger partial charge in [-0.3, -0.25) is 9.59 Å². The van der Waals surface area contributed by atoms with Crippen LogP contribution < -0.4 is 10.7 Å². The van der Waals surface area contributed by atoms with E-state index < -0.39 is 12.0 Å². The molecule has 2 N–H and O–H groups in total. The molecule has 0 radical (unpaired) electrons. The third-order valence-corrected chi connectivity index (χ3v) is 4.21. The van der Waals surface area contributed by atoms with Gasteiger partial charge in [0.05, 0.1) is 6.42 Å². The van der Waals surface area contributed by atoms with Crippen LogP contribution in [0.4, 0.5) is 5.69 Å². The van der Waals surface area contributed by atoms with Crippen molar-refractivity contribution in [1.82, 2.24) is 5.43 Å². The van der Waals surface area contributed by atoms with Gasteiger partial charge in [0.15, 0.2) is 6.10 Å². The van der Waals surface area contributed by atoms with E-state index in [1.807, 2.05) is 54.6 Å². The Labute approximate surface area is 166 Å². The molecular formula is C22H27N3O3. The van der Waals surface area contributed by atoms with Crippen LogP contribution in [0.2, 0.25) is 0 Å². The van der Waals surface area contributed by atoms with E-state index in [2.05, 4.69) is 29.7 Å². The largest absolute Gasteiger partial charge is 0.367 e. The lowest BCUT2D eigenvalue weighted by atomic mass is 10.0. The third-order valence-electron chi connectivity index (χ3n) is 4.21. The van der Waals surface area contributed by atoms with E-state index >= 15 is 0 Å². The Morgan fingerprint density at radius 1 is 1.00 bits per heavy atom. The zero-order valence-electron chi connectivity index (χ0n) is 16.7. The number of hydrazone groups is 1. The minimum atomic E-state index is -0.758. The van der Waals surface area contributed by atoms with Crippen molar-refractivity contribution < 1.29 is 14.3 Å². The molecule has 6 nitrogen and oxygen atoms in total. The second-order valence-electron chi connectivity index (χ2n) is 6.85. The van der Waals surface area contributed by atoms with Crippen LogP contribution in [0.25, 0.3) is 0 Å². The van der Waals surface area contributed by atoms with Crippen LogP contribution >= 0.6 is 0 Å². The number of carbonyl (C=O) groups is 2. The van der Waals surface area contributed by atoms with Crippen molar-refractivity contribution in [2.45, 2.75) is 39.2 Å². The molecule has 0 bridgehead atoms. The monoisotopic (exact) mass is 381 g/mol. The fourth-order valence-corrected chi connectivity index (χ4v) is 2.66. The Morgan fingerprint density at radius 3 is 2.21 bits per heavy atom. The number of amides is 2. The van der Waals surface area contributed by atoms with E-state index in [0.29, 0.717) is 11.6 Å². The number of methoxy groups -OCH3 is 1. The molecule has 0 saturated carbocycles. The summed E-state index contributed by atoms with van der Waals surface area (Å²) in [6, 6.07) is 16.9. The van der Waals surface area contributed by atoms with E-state index in [1.165, 1.54) is 12.7 Å². The lowest BCUT2D eigenvalue weighted by Crippen LogP contribution is -2.28. The van der Waals surface area contributed by atoms with E-state index in [1.54, 1.807) is 6.92 Å². The van der Waals surface area contributed by atoms with Crippen molar-refractivity contribution in [2.24, 2.45) is 5.10 Å². The molecule has 0 fully saturated rings. The van der Waals surface area contributed by atoms with Crippen molar-refractivity contribution in [1.29, 1.82) is 0 Å². The summed E-state index contributed by atoms with van der Waals surface area (Å²) in [5.74, 6) is -0.147. The standard InChI is InChI=1S/C22H27N3O3/c1-15(2)17-10-12-19(13-11-17)23-20(26)14-16(3)24-25-22(27)21(28-4)18-8-6-5-7-9-18/h5-13,15,21H,14H2,1-4H3,(H,23,26)(H,25,27)/b24-16+. The lowest BCUT2D eigenvalue weighted by Gasteiger charge is -2.14. The molecule has 0 aliphatic heterocycles. The Kier molecular flexibility index (Phi) is 7.89. The predicted molar refractivity (Wildman–Crippen MR) is 111 cm³/mol. The lowest BCUT2D eigenvalue weighted by molar-refractivity contribution is -0.131. The molecule has 28 heavy (non-hydrogen) atoms. The predicted octanol–water partition coefficient (Wildman–Crippen LogP) is 4.02. The number of rotatable bonds is 8. The fourth-order valence-electron chi connectivity index (χ4n) is 2.66. The van der Waals surface area contributed by atoms with Gasteiger partial charge in [-0.15, -0.1) is 0 Å². The fraction of sp³-hybridized carbons (Fsp3) is 0.318. The normalized spacial score (nSPS) is 12.5. The van der Waals surface area contributed by atoms with Gasteiger partial charge in [-0.2, -0.15) is 5.10 Å². The molecule has 2 rings (SSSR count). The van der Waals surface area contributed by atoms with E-state index in [4.69, 9.17) is 4.74 Å². The highest BCUT2D eigenvalue weighted by Crippen LogP contribution is 2.17. The number of hydrogen-bond acceptors (Lipinski definition) is 4. The molecule has 0 aliphatic rings. The van der Waals surface area contributed by atoms with E-state index in [9.17, 15) is 9.59 Å². The molecular weight excluding hydrogens is 354 g/mol. The first-order valence-electron chi connectivity index (χ1n) is 9.21. The summed E-state index contributed by atoms with van der Waals surface area (Å²) >= 11 is 0. The van der Waals surface area contributed by atoms with Crippen molar-refractivity contribution >= 4 is 23.2 Å². The Bertz CT molecular complexity index is 815. The molecule has 6 heteroatoms. The van der Waals surface area contributed by atoms with Crippen molar-refractivity contribution in [3.8, 4) is 0 Å². The molecule has 1 unspecified atom stereocenters. The Balaban J connectivity index is 1.88. The quantitative estimate of drug-likeness (QED) is 0.535. The van der Waals surface area contributed by atoms with Crippen LogP contribution in [-0.4, -0.2) is 24.6 Å². The Morgan fingerprint density at radius 2 is 1.64 bits per heavy atom. The minimum absolute atomic E-state index is 0.0786. The summed E-state index contributed by atoms with van der Waals surface area (Å²) in [5.41, 5.74) is 5.64. The van der Waals surface area contributed by atoms with Crippen LogP contribution in [0.15, 0.2) is 59.7 Å². The maximum Gasteiger partial charge on any atom is 0.273 e. The first-order chi connectivity index (χ1) is 13.4. The van der Waals surface area contributed by atoms with E-state index in [0.717, 1.165) is 11.3 Å². The van der Waals surface area contributed by atoms with Gasteiger partial charge in [0, 0.05) is 18.5 Å². The van der Waals surface area contributed by atoms with Crippen LogP contribution in [0.3, 0.4) is 0 Å². The number of nitrogens with zero attached hydrogens (tertiary/aromatic N) is 1. The summed E-state index contributed by atoms with van der Waals surface area (Å²) in [6.07, 6.45) is -0.680. The molecule has 2 amide bonds. The maximum atomic E-state index is 12.3. The highest BCUT2D eigenvalue weighted by Gasteiger charge is 2.19. The van der Waals surface area contributed by atoms with Crippen LogP contribution in [0, 0.1) is 0 Å². The van der Waals surface area contributed by atoms with Gasteiger partial charge in [-0.25, -0.2) is 5.43 Å². The number of hydrogen-bond donors (Lipinski definition) is 2. The molecule has 0 aliphatic carbocycles. The average molecular weight is 381 g/mol. The van der Waals surface area contributed by atoms with Crippen LogP contribution in [0.5, 0.6) is 0 Å². The summed E-state index contributed by atoms with van der Waals surface area (Å²) in [4.78, 5) is 24.5. The molecule has 2 aromatic rings. The van der Waals surface area contributed by atoms with Crippen LogP contribution in [-0.2, 0) is 14.3 Å². The SMILES string of the molecule is COC(C(=O)N/N=C(\C)CC(=O)Nc1ccc(C(C)C)cc1)c1ccccc1. The van der Waals surface area contributed by atoms with Gasteiger partial charge >= 0.3 is 0 Å². The van der Waals surface area contributed by atoms with Gasteiger partial charge in [0.25, 0.3) is 5.91 Å². The summed E-state index contributed by atoms with van der Waals surface area (Å²) in [7, 11) is 1.46. The van der Waals surface area contributed by atoms with Gasteiger partial charge in [0.1, 0.15) is 0 Å². The molecule has 0 heterocycles. The van der Waals surface area contributed by atoms with Crippen molar-refractivity contribution in [3.63, 3.8) is 0 Å². The van der Waals surface area contributed by atoms with Gasteiger partial charge < -0.3 is 10.1 Å². The molecule has 2 aromatic carbocycles. The second-order valence-corrected chi connectivity index (χ2v) is 6.85. The number of carbonyl (C=O) groups excluding carboxylic acids is 2. The van der Waals surface area contributed by atoms with Gasteiger partial charge in [0.2, 0.25) is 5.91 Å². The maximum absolute atomic E-state index is 12.3. The van der Waals surface area contributed by atoms with E-state index in [-0.39, 0.29) is 12.3 Å². The average Bonchev–Trinajstić information content (AvgIpc) is 2.68. The highest BCUT2D eigenvalue weighted by molar-refractivity contribution is 6.05. The minimum Gasteiger partial charge on any atom is -0.367 e. The zero-order valence-corrected chi connectivity index (χ0v) is 16.7. The summed E-state index contributed by atoms with van der Waals surface area (Å²) in [5, 5.41) is 6.84.